The number of para-hydroxylation sites is 1. The predicted octanol–water partition coefficient (Wildman–Crippen LogP) is 0.898. The Bertz CT molecular complexity index is 494. The van der Waals surface area contributed by atoms with Crippen LogP contribution >= 0.6 is 11.6 Å². The smallest absolute Gasteiger partial charge is 0.253 e. The zero-order chi connectivity index (χ0) is 14.7. The number of likely N-dealkylation sites (N-methyl/N-ethyl adjacent to an activating group) is 2. The standard InChI is InChI=1S/C14H21ClN4O/c1-18-6-7-19(2)10(9-18)8-17-14(20)11-4-3-5-12(15)13(11)16/h3-5,10H,6-9,16H2,1-2H3,(H,17,20). The van der Waals surface area contributed by atoms with Gasteiger partial charge in [0.05, 0.1) is 16.3 Å². The number of halogens is 1. The third kappa shape index (κ3) is 3.42. The van der Waals surface area contributed by atoms with Crippen LogP contribution in [0.5, 0.6) is 0 Å². The van der Waals surface area contributed by atoms with Gasteiger partial charge in [-0.15, -0.1) is 0 Å². The lowest BCUT2D eigenvalue weighted by Gasteiger charge is -2.37. The molecule has 0 spiro atoms. The van der Waals surface area contributed by atoms with Crippen molar-refractivity contribution in [2.75, 3.05) is 46.0 Å². The molecule has 0 aromatic heterocycles. The Labute approximate surface area is 124 Å². The van der Waals surface area contributed by atoms with E-state index < -0.39 is 0 Å². The van der Waals surface area contributed by atoms with Crippen LogP contribution in [0.1, 0.15) is 10.4 Å². The van der Waals surface area contributed by atoms with E-state index in [1.54, 1.807) is 18.2 Å². The summed E-state index contributed by atoms with van der Waals surface area (Å²) in [6, 6.07) is 5.41. The van der Waals surface area contributed by atoms with Crippen LogP contribution in [0.15, 0.2) is 18.2 Å². The summed E-state index contributed by atoms with van der Waals surface area (Å²) < 4.78 is 0. The maximum atomic E-state index is 12.2. The maximum Gasteiger partial charge on any atom is 0.253 e. The van der Waals surface area contributed by atoms with Crippen LogP contribution in [-0.4, -0.2) is 62.0 Å². The molecule has 110 valence electrons. The fourth-order valence-electron chi connectivity index (χ4n) is 2.36. The summed E-state index contributed by atoms with van der Waals surface area (Å²) in [4.78, 5) is 16.7. The molecule has 1 aromatic rings. The number of carbonyl (C=O) groups excluding carboxylic acids is 1. The third-order valence-electron chi connectivity index (χ3n) is 3.78. The Morgan fingerprint density at radius 1 is 1.45 bits per heavy atom. The number of benzene rings is 1. The van der Waals surface area contributed by atoms with Crippen LogP contribution in [0.25, 0.3) is 0 Å². The second-order valence-corrected chi connectivity index (χ2v) is 5.71. The highest BCUT2D eigenvalue weighted by Gasteiger charge is 2.23. The van der Waals surface area contributed by atoms with Gasteiger partial charge < -0.3 is 16.0 Å². The topological polar surface area (TPSA) is 61.6 Å². The molecule has 1 fully saturated rings. The fraction of sp³-hybridized carbons (Fsp3) is 0.500. The molecule has 1 heterocycles. The van der Waals surface area contributed by atoms with Crippen LogP contribution in [0, 0.1) is 0 Å². The first-order valence-corrected chi connectivity index (χ1v) is 7.08. The summed E-state index contributed by atoms with van der Waals surface area (Å²) in [5, 5.41) is 3.35. The van der Waals surface area contributed by atoms with Crippen LogP contribution in [0.3, 0.4) is 0 Å². The molecular weight excluding hydrogens is 276 g/mol. The van der Waals surface area contributed by atoms with Crippen molar-refractivity contribution >= 4 is 23.2 Å². The maximum absolute atomic E-state index is 12.2. The zero-order valence-electron chi connectivity index (χ0n) is 11.9. The van der Waals surface area contributed by atoms with Crippen molar-refractivity contribution in [1.82, 2.24) is 15.1 Å². The quantitative estimate of drug-likeness (QED) is 0.814. The number of nitrogens with two attached hydrogens (primary N) is 1. The van der Waals surface area contributed by atoms with E-state index >= 15 is 0 Å². The summed E-state index contributed by atoms with van der Waals surface area (Å²) in [7, 11) is 4.17. The molecule has 1 aliphatic rings. The Hall–Kier alpha value is -1.30. The van der Waals surface area contributed by atoms with Crippen molar-refractivity contribution in [2.24, 2.45) is 0 Å². The first-order chi connectivity index (χ1) is 9.49. The SMILES string of the molecule is CN1CCN(C)C(CNC(=O)c2cccc(Cl)c2N)C1. The van der Waals surface area contributed by atoms with Crippen LogP contribution < -0.4 is 11.1 Å². The Kier molecular flexibility index (Phi) is 4.86. The highest BCUT2D eigenvalue weighted by Crippen LogP contribution is 2.22. The molecule has 6 heteroatoms. The number of nitrogens with zero attached hydrogens (tertiary/aromatic N) is 2. The zero-order valence-corrected chi connectivity index (χ0v) is 12.7. The summed E-state index contributed by atoms with van der Waals surface area (Å²) in [5.74, 6) is -0.174. The van der Waals surface area contributed by atoms with Crippen molar-refractivity contribution in [3.8, 4) is 0 Å². The number of carbonyl (C=O) groups is 1. The van der Waals surface area contributed by atoms with E-state index in [0.717, 1.165) is 19.6 Å². The molecule has 0 saturated carbocycles. The molecule has 1 atom stereocenters. The Morgan fingerprint density at radius 3 is 2.95 bits per heavy atom. The van der Waals surface area contributed by atoms with E-state index in [0.29, 0.717) is 28.9 Å². The van der Waals surface area contributed by atoms with E-state index in [4.69, 9.17) is 17.3 Å². The molecule has 3 N–H and O–H groups in total. The summed E-state index contributed by atoms with van der Waals surface area (Å²) in [6.45, 7) is 3.62. The number of nitrogens with one attached hydrogen (secondary N) is 1. The second kappa shape index (κ2) is 6.43. The monoisotopic (exact) mass is 296 g/mol. The largest absolute Gasteiger partial charge is 0.397 e. The molecule has 2 rings (SSSR count). The first kappa shape index (κ1) is 15.1. The van der Waals surface area contributed by atoms with E-state index in [2.05, 4.69) is 29.2 Å². The molecule has 1 amide bonds. The number of hydrogen-bond acceptors (Lipinski definition) is 4. The lowest BCUT2D eigenvalue weighted by molar-refractivity contribution is 0.0882. The molecule has 0 aliphatic carbocycles. The number of piperazine rings is 1. The van der Waals surface area contributed by atoms with Gasteiger partial charge in [-0.3, -0.25) is 9.69 Å². The molecule has 0 bridgehead atoms. The van der Waals surface area contributed by atoms with E-state index in [1.165, 1.54) is 0 Å². The molecular formula is C14H21ClN4O. The van der Waals surface area contributed by atoms with Gasteiger partial charge in [0.2, 0.25) is 0 Å². The lowest BCUT2D eigenvalue weighted by Crippen LogP contribution is -2.54. The van der Waals surface area contributed by atoms with E-state index in [1.807, 2.05) is 0 Å². The van der Waals surface area contributed by atoms with Crippen LogP contribution in [0.2, 0.25) is 5.02 Å². The van der Waals surface area contributed by atoms with E-state index in [9.17, 15) is 4.79 Å². The number of anilines is 1. The number of hydrogen-bond donors (Lipinski definition) is 2. The molecule has 5 nitrogen and oxygen atoms in total. The molecule has 1 aliphatic heterocycles. The molecule has 20 heavy (non-hydrogen) atoms. The second-order valence-electron chi connectivity index (χ2n) is 5.31. The number of amides is 1. The molecule has 0 radical (unpaired) electrons. The van der Waals surface area contributed by atoms with Crippen molar-refractivity contribution in [1.29, 1.82) is 0 Å². The van der Waals surface area contributed by atoms with Crippen LogP contribution in [-0.2, 0) is 0 Å². The summed E-state index contributed by atoms with van der Waals surface area (Å²) in [6.07, 6.45) is 0. The molecule has 1 aromatic carbocycles. The predicted molar refractivity (Wildman–Crippen MR) is 82.1 cm³/mol. The third-order valence-corrected chi connectivity index (χ3v) is 4.11. The van der Waals surface area contributed by atoms with Gasteiger partial charge in [-0.2, -0.15) is 0 Å². The van der Waals surface area contributed by atoms with Gasteiger partial charge in [-0.1, -0.05) is 17.7 Å². The van der Waals surface area contributed by atoms with E-state index in [-0.39, 0.29) is 5.91 Å². The highest BCUT2D eigenvalue weighted by atomic mass is 35.5. The highest BCUT2D eigenvalue weighted by molar-refractivity contribution is 6.33. The lowest BCUT2D eigenvalue weighted by atomic mass is 10.1. The number of rotatable bonds is 3. The average molecular weight is 297 g/mol. The number of nitrogen functional groups attached to an aromatic ring is 1. The van der Waals surface area contributed by atoms with Gasteiger partial charge in [-0.05, 0) is 26.2 Å². The Morgan fingerprint density at radius 2 is 2.20 bits per heavy atom. The average Bonchev–Trinajstić information content (AvgIpc) is 2.42. The van der Waals surface area contributed by atoms with Gasteiger partial charge in [0.25, 0.3) is 5.91 Å². The fourth-order valence-corrected chi connectivity index (χ4v) is 2.54. The minimum Gasteiger partial charge on any atom is -0.397 e. The van der Waals surface area contributed by atoms with Crippen molar-refractivity contribution in [2.45, 2.75) is 6.04 Å². The van der Waals surface area contributed by atoms with Crippen molar-refractivity contribution in [3.63, 3.8) is 0 Å². The Balaban J connectivity index is 1.96. The molecule has 1 unspecified atom stereocenters. The van der Waals surface area contributed by atoms with Crippen molar-refractivity contribution in [3.05, 3.63) is 28.8 Å². The van der Waals surface area contributed by atoms with Crippen molar-refractivity contribution < 1.29 is 4.79 Å². The first-order valence-electron chi connectivity index (χ1n) is 6.70. The van der Waals surface area contributed by atoms with Gasteiger partial charge in [0, 0.05) is 32.2 Å². The van der Waals surface area contributed by atoms with Gasteiger partial charge >= 0.3 is 0 Å². The van der Waals surface area contributed by atoms with Gasteiger partial charge in [-0.25, -0.2) is 0 Å². The normalized spacial score (nSPS) is 20.9. The summed E-state index contributed by atoms with van der Waals surface area (Å²) >= 11 is 5.93. The molecule has 1 saturated heterocycles. The van der Waals surface area contributed by atoms with Gasteiger partial charge in [0.15, 0.2) is 0 Å². The minimum absolute atomic E-state index is 0.174. The summed E-state index contributed by atoms with van der Waals surface area (Å²) in [5.41, 5.74) is 6.60. The van der Waals surface area contributed by atoms with Crippen LogP contribution in [0.4, 0.5) is 5.69 Å². The van der Waals surface area contributed by atoms with Gasteiger partial charge in [0.1, 0.15) is 0 Å². The minimum atomic E-state index is -0.174.